The second-order valence-electron chi connectivity index (χ2n) is 3.65. The van der Waals surface area contributed by atoms with Crippen molar-refractivity contribution < 1.29 is 0 Å². The van der Waals surface area contributed by atoms with E-state index in [1.54, 1.807) is 6.20 Å². The molecule has 0 bridgehead atoms. The molecule has 0 aliphatic rings. The largest absolute Gasteiger partial charge is 0.311 e. The maximum Gasteiger partial charge on any atom is 0.0831 e. The number of hydrogen-bond donors (Lipinski definition) is 1. The SMILES string of the molecule is CCCNCc1c(Cl)cnn1C(C)C. The van der Waals surface area contributed by atoms with E-state index < -0.39 is 0 Å². The van der Waals surface area contributed by atoms with Crippen molar-refractivity contribution in [1.82, 2.24) is 15.1 Å². The Kier molecular flexibility index (Phi) is 4.42. The minimum absolute atomic E-state index is 0.362. The molecular formula is C10H18ClN3. The zero-order chi connectivity index (χ0) is 10.6. The van der Waals surface area contributed by atoms with Crippen LogP contribution in [0.3, 0.4) is 0 Å². The van der Waals surface area contributed by atoms with Crippen molar-refractivity contribution in [1.29, 1.82) is 0 Å². The highest BCUT2D eigenvalue weighted by atomic mass is 35.5. The van der Waals surface area contributed by atoms with Gasteiger partial charge in [-0.2, -0.15) is 5.10 Å². The summed E-state index contributed by atoms with van der Waals surface area (Å²) in [5.74, 6) is 0. The van der Waals surface area contributed by atoms with Crippen molar-refractivity contribution in [2.75, 3.05) is 6.54 Å². The maximum absolute atomic E-state index is 6.04. The number of hydrogen-bond acceptors (Lipinski definition) is 2. The van der Waals surface area contributed by atoms with E-state index in [2.05, 4.69) is 31.2 Å². The Hall–Kier alpha value is -0.540. The van der Waals surface area contributed by atoms with E-state index in [4.69, 9.17) is 11.6 Å². The Balaban J connectivity index is 2.67. The minimum atomic E-state index is 0.362. The molecule has 1 heterocycles. The van der Waals surface area contributed by atoms with Gasteiger partial charge < -0.3 is 5.32 Å². The number of nitrogens with zero attached hydrogens (tertiary/aromatic N) is 2. The monoisotopic (exact) mass is 215 g/mol. The molecule has 1 rings (SSSR count). The fourth-order valence-corrected chi connectivity index (χ4v) is 1.56. The highest BCUT2D eigenvalue weighted by Crippen LogP contribution is 2.18. The Morgan fingerprint density at radius 2 is 2.29 bits per heavy atom. The van der Waals surface area contributed by atoms with Crippen LogP contribution in [-0.2, 0) is 6.54 Å². The first kappa shape index (κ1) is 11.5. The molecule has 14 heavy (non-hydrogen) atoms. The van der Waals surface area contributed by atoms with Gasteiger partial charge in [0.2, 0.25) is 0 Å². The molecule has 0 unspecified atom stereocenters. The van der Waals surface area contributed by atoms with E-state index >= 15 is 0 Å². The van der Waals surface area contributed by atoms with Gasteiger partial charge in [0.1, 0.15) is 0 Å². The van der Waals surface area contributed by atoms with Crippen LogP contribution in [0.15, 0.2) is 6.20 Å². The Morgan fingerprint density at radius 1 is 1.57 bits per heavy atom. The Morgan fingerprint density at radius 3 is 2.86 bits per heavy atom. The Bertz CT molecular complexity index is 281. The van der Waals surface area contributed by atoms with Gasteiger partial charge in [-0.1, -0.05) is 18.5 Å². The molecule has 0 aliphatic heterocycles. The van der Waals surface area contributed by atoms with Crippen LogP contribution in [0.2, 0.25) is 5.02 Å². The summed E-state index contributed by atoms with van der Waals surface area (Å²) in [6.07, 6.45) is 2.85. The number of halogens is 1. The van der Waals surface area contributed by atoms with Crippen LogP contribution in [-0.4, -0.2) is 16.3 Å². The lowest BCUT2D eigenvalue weighted by molar-refractivity contribution is 0.495. The number of nitrogens with one attached hydrogen (secondary N) is 1. The van der Waals surface area contributed by atoms with Gasteiger partial charge in [0, 0.05) is 12.6 Å². The summed E-state index contributed by atoms with van der Waals surface area (Å²) < 4.78 is 1.96. The number of rotatable bonds is 5. The summed E-state index contributed by atoms with van der Waals surface area (Å²) in [7, 11) is 0. The van der Waals surface area contributed by atoms with Crippen LogP contribution in [0.4, 0.5) is 0 Å². The van der Waals surface area contributed by atoms with Crippen molar-refractivity contribution in [3.05, 3.63) is 16.9 Å². The molecule has 0 atom stereocenters. The maximum atomic E-state index is 6.04. The van der Waals surface area contributed by atoms with Crippen LogP contribution in [0.5, 0.6) is 0 Å². The summed E-state index contributed by atoms with van der Waals surface area (Å²) >= 11 is 6.04. The normalized spacial score (nSPS) is 11.2. The molecule has 0 radical (unpaired) electrons. The average molecular weight is 216 g/mol. The lowest BCUT2D eigenvalue weighted by atomic mass is 10.3. The quantitative estimate of drug-likeness (QED) is 0.766. The third-order valence-electron chi connectivity index (χ3n) is 2.06. The van der Waals surface area contributed by atoms with Crippen molar-refractivity contribution in [3.63, 3.8) is 0 Å². The van der Waals surface area contributed by atoms with Crippen LogP contribution in [0.1, 0.15) is 38.9 Å². The third-order valence-corrected chi connectivity index (χ3v) is 2.37. The molecule has 0 saturated carbocycles. The van der Waals surface area contributed by atoms with Gasteiger partial charge in [-0.15, -0.1) is 0 Å². The van der Waals surface area contributed by atoms with E-state index in [-0.39, 0.29) is 0 Å². The topological polar surface area (TPSA) is 29.9 Å². The van der Waals surface area contributed by atoms with Gasteiger partial charge in [-0.3, -0.25) is 4.68 Å². The molecule has 4 heteroatoms. The van der Waals surface area contributed by atoms with E-state index in [0.717, 1.165) is 30.2 Å². The third kappa shape index (κ3) is 2.72. The lowest BCUT2D eigenvalue weighted by Gasteiger charge is -2.11. The van der Waals surface area contributed by atoms with Crippen LogP contribution >= 0.6 is 11.6 Å². The summed E-state index contributed by atoms with van der Waals surface area (Å²) in [6, 6.07) is 0.362. The molecule has 1 N–H and O–H groups in total. The van der Waals surface area contributed by atoms with E-state index in [1.807, 2.05) is 4.68 Å². The highest BCUT2D eigenvalue weighted by Gasteiger charge is 2.10. The molecule has 1 aromatic heterocycles. The first-order valence-corrected chi connectivity index (χ1v) is 5.47. The molecule has 80 valence electrons. The van der Waals surface area contributed by atoms with Gasteiger partial charge >= 0.3 is 0 Å². The second-order valence-corrected chi connectivity index (χ2v) is 4.06. The fraction of sp³-hybridized carbons (Fsp3) is 0.700. The van der Waals surface area contributed by atoms with E-state index in [9.17, 15) is 0 Å². The summed E-state index contributed by atoms with van der Waals surface area (Å²) in [5.41, 5.74) is 1.08. The first-order valence-electron chi connectivity index (χ1n) is 5.09. The molecule has 1 aromatic rings. The number of aromatic nitrogens is 2. The molecule has 0 aliphatic carbocycles. The minimum Gasteiger partial charge on any atom is -0.311 e. The van der Waals surface area contributed by atoms with E-state index in [0.29, 0.717) is 6.04 Å². The summed E-state index contributed by atoms with van der Waals surface area (Å²) in [5, 5.41) is 8.32. The molecule has 3 nitrogen and oxygen atoms in total. The standard InChI is InChI=1S/C10H18ClN3/c1-4-5-12-7-10-9(11)6-13-14(10)8(2)3/h6,8,12H,4-5,7H2,1-3H3. The molecule has 0 spiro atoms. The predicted molar refractivity (Wildman–Crippen MR) is 59.6 cm³/mol. The van der Waals surface area contributed by atoms with Gasteiger partial charge in [0.05, 0.1) is 16.9 Å². The van der Waals surface area contributed by atoms with Crippen LogP contribution in [0.25, 0.3) is 0 Å². The van der Waals surface area contributed by atoms with Gasteiger partial charge in [-0.25, -0.2) is 0 Å². The zero-order valence-electron chi connectivity index (χ0n) is 9.05. The van der Waals surface area contributed by atoms with Crippen molar-refractivity contribution in [3.8, 4) is 0 Å². The van der Waals surface area contributed by atoms with Crippen molar-refractivity contribution in [2.24, 2.45) is 0 Å². The van der Waals surface area contributed by atoms with Gasteiger partial charge in [0.25, 0.3) is 0 Å². The van der Waals surface area contributed by atoms with Crippen LogP contribution < -0.4 is 5.32 Å². The molecule has 0 fully saturated rings. The highest BCUT2D eigenvalue weighted by molar-refractivity contribution is 6.31. The summed E-state index contributed by atoms with van der Waals surface area (Å²) in [4.78, 5) is 0. The average Bonchev–Trinajstić information content (AvgIpc) is 2.48. The zero-order valence-corrected chi connectivity index (χ0v) is 9.80. The second kappa shape index (κ2) is 5.37. The van der Waals surface area contributed by atoms with E-state index in [1.165, 1.54) is 0 Å². The predicted octanol–water partition coefficient (Wildman–Crippen LogP) is 2.62. The smallest absolute Gasteiger partial charge is 0.0831 e. The van der Waals surface area contributed by atoms with Crippen LogP contribution in [0, 0.1) is 0 Å². The lowest BCUT2D eigenvalue weighted by Crippen LogP contribution is -2.18. The molecule has 0 saturated heterocycles. The Labute approximate surface area is 90.4 Å². The fourth-order valence-electron chi connectivity index (χ4n) is 1.36. The molecule has 0 amide bonds. The summed E-state index contributed by atoms with van der Waals surface area (Å²) in [6.45, 7) is 8.16. The van der Waals surface area contributed by atoms with Crippen molar-refractivity contribution in [2.45, 2.75) is 39.8 Å². The van der Waals surface area contributed by atoms with Gasteiger partial charge in [0.15, 0.2) is 0 Å². The van der Waals surface area contributed by atoms with Gasteiger partial charge in [-0.05, 0) is 26.8 Å². The molecule has 0 aromatic carbocycles. The molecular weight excluding hydrogens is 198 g/mol. The first-order chi connectivity index (χ1) is 6.66. The van der Waals surface area contributed by atoms with Crippen molar-refractivity contribution >= 4 is 11.6 Å².